The number of hydrogen-bond acceptors (Lipinski definition) is 9. The summed E-state index contributed by atoms with van der Waals surface area (Å²) in [6.45, 7) is 9.37. The highest BCUT2D eigenvalue weighted by atomic mass is 16.8. The van der Waals surface area contributed by atoms with Gasteiger partial charge in [0.25, 0.3) is 5.56 Å². The van der Waals surface area contributed by atoms with Crippen LogP contribution < -0.4 is 11.2 Å². The highest BCUT2D eigenvalue weighted by Gasteiger charge is 2.50. The average molecular weight is 488 g/mol. The molecule has 0 spiro atoms. The van der Waals surface area contributed by atoms with Gasteiger partial charge in [0.1, 0.15) is 24.0 Å². The molecule has 6 heterocycles. The summed E-state index contributed by atoms with van der Waals surface area (Å²) in [4.78, 5) is 30.2. The van der Waals surface area contributed by atoms with Gasteiger partial charge in [-0.05, 0) is 34.1 Å². The summed E-state index contributed by atoms with van der Waals surface area (Å²) in [5.74, 6) is -0.954. The molecular weight excluding hydrogens is 458 g/mol. The van der Waals surface area contributed by atoms with Crippen LogP contribution in [-0.4, -0.2) is 70.2 Å². The molecule has 35 heavy (non-hydrogen) atoms. The summed E-state index contributed by atoms with van der Waals surface area (Å²) < 4.78 is 30.6. The summed E-state index contributed by atoms with van der Waals surface area (Å²) >= 11 is 0. The first kappa shape index (κ1) is 22.6. The summed E-state index contributed by atoms with van der Waals surface area (Å²) in [7, 11) is 1.47. The number of aryl methyl sites for hydroxylation is 2. The normalized spacial score (nSPS) is 27.2. The van der Waals surface area contributed by atoms with Crippen LogP contribution >= 0.6 is 0 Å². The van der Waals surface area contributed by atoms with Crippen molar-refractivity contribution in [2.24, 2.45) is 7.05 Å². The van der Waals surface area contributed by atoms with Crippen molar-refractivity contribution < 1.29 is 18.9 Å². The number of aromatic nitrogens is 7. The zero-order chi connectivity index (χ0) is 24.7. The van der Waals surface area contributed by atoms with Crippen molar-refractivity contribution in [3.63, 3.8) is 0 Å². The Morgan fingerprint density at radius 3 is 2.57 bits per heavy atom. The van der Waals surface area contributed by atoms with Crippen LogP contribution in [0.1, 0.15) is 34.1 Å². The molecule has 0 radical (unpaired) electrons. The van der Waals surface area contributed by atoms with E-state index in [9.17, 15) is 9.59 Å². The van der Waals surface area contributed by atoms with Gasteiger partial charge in [0.2, 0.25) is 0 Å². The first-order valence-electron chi connectivity index (χ1n) is 11.8. The summed E-state index contributed by atoms with van der Waals surface area (Å²) in [6, 6.07) is 0. The van der Waals surface area contributed by atoms with Gasteiger partial charge in [-0.15, -0.1) is 5.10 Å². The lowest BCUT2D eigenvalue weighted by Gasteiger charge is -2.24. The predicted molar refractivity (Wildman–Crippen MR) is 122 cm³/mol. The molecule has 3 aromatic heterocycles. The molecule has 13 nitrogen and oxygen atoms in total. The minimum Gasteiger partial charge on any atom is -0.348 e. The number of nitrogens with zero attached hydrogens (tertiary/aromatic N) is 7. The predicted octanol–water partition coefficient (Wildman–Crippen LogP) is 0.231. The van der Waals surface area contributed by atoms with Crippen LogP contribution in [0.25, 0.3) is 22.7 Å². The van der Waals surface area contributed by atoms with Gasteiger partial charge >= 0.3 is 5.69 Å². The first-order chi connectivity index (χ1) is 16.5. The van der Waals surface area contributed by atoms with Gasteiger partial charge in [0.15, 0.2) is 28.6 Å². The second-order valence-electron chi connectivity index (χ2n) is 10.2. The van der Waals surface area contributed by atoms with Crippen LogP contribution in [0.3, 0.4) is 0 Å². The molecule has 0 bridgehead atoms. The number of ether oxygens (including phenoxy) is 4. The van der Waals surface area contributed by atoms with Gasteiger partial charge in [0, 0.05) is 20.1 Å². The maximum Gasteiger partial charge on any atom is 0.332 e. The van der Waals surface area contributed by atoms with Crippen LogP contribution in [0.5, 0.6) is 0 Å². The highest BCUT2D eigenvalue weighted by molar-refractivity contribution is 5.76. The van der Waals surface area contributed by atoms with Crippen molar-refractivity contribution >= 4 is 11.2 Å². The maximum absolute atomic E-state index is 12.8. The standard InChI is InChI=1S/C22H29N7O6/c1-21(2)32-11-14(34-21)16-13(33-22(3,4)35-16)10-29-12(9-23-25-29)17-24-15-18-27(17)7-6-8-28(18)20(31)26(5)19(15)30/h9,13-14,16H,6-8,10-11H2,1-5H3/t13-,14+,16+/m0/s1. The average Bonchev–Trinajstić information content (AvgIpc) is 3.55. The Kier molecular flexibility index (Phi) is 4.88. The molecule has 2 saturated heterocycles. The lowest BCUT2D eigenvalue weighted by Crippen LogP contribution is -2.40. The Morgan fingerprint density at radius 2 is 1.83 bits per heavy atom. The fraction of sp³-hybridized carbons (Fsp3) is 0.682. The van der Waals surface area contributed by atoms with Crippen molar-refractivity contribution in [1.29, 1.82) is 0 Å². The van der Waals surface area contributed by atoms with Crippen LogP contribution in [-0.2, 0) is 45.6 Å². The van der Waals surface area contributed by atoms with Gasteiger partial charge in [-0.1, -0.05) is 5.21 Å². The molecule has 0 N–H and O–H groups in total. The van der Waals surface area contributed by atoms with Crippen molar-refractivity contribution in [2.45, 2.75) is 83.6 Å². The van der Waals surface area contributed by atoms with E-state index in [1.807, 2.05) is 32.3 Å². The summed E-state index contributed by atoms with van der Waals surface area (Å²) in [5, 5.41) is 8.41. The van der Waals surface area contributed by atoms with Crippen LogP contribution in [0.2, 0.25) is 0 Å². The second-order valence-corrected chi connectivity index (χ2v) is 10.2. The molecule has 13 heteroatoms. The Bertz CT molecular complexity index is 1430. The number of hydrogen-bond donors (Lipinski definition) is 0. The number of rotatable bonds is 4. The first-order valence-corrected chi connectivity index (χ1v) is 11.8. The van der Waals surface area contributed by atoms with Gasteiger partial charge < -0.3 is 23.5 Å². The maximum atomic E-state index is 12.8. The van der Waals surface area contributed by atoms with Crippen molar-refractivity contribution in [2.75, 3.05) is 6.61 Å². The van der Waals surface area contributed by atoms with E-state index in [1.54, 1.807) is 15.4 Å². The smallest absolute Gasteiger partial charge is 0.332 e. The van der Waals surface area contributed by atoms with Gasteiger partial charge in [0.05, 0.1) is 19.3 Å². The molecule has 0 unspecified atom stereocenters. The van der Waals surface area contributed by atoms with E-state index in [2.05, 4.69) is 15.3 Å². The topological polar surface area (TPSA) is 129 Å². The van der Waals surface area contributed by atoms with E-state index in [4.69, 9.17) is 18.9 Å². The molecule has 0 saturated carbocycles. The molecule has 3 aliphatic heterocycles. The molecule has 0 aliphatic carbocycles. The molecule has 188 valence electrons. The van der Waals surface area contributed by atoms with Crippen molar-refractivity contribution in [3.05, 3.63) is 27.0 Å². The van der Waals surface area contributed by atoms with E-state index in [0.29, 0.717) is 43.4 Å². The molecule has 3 aromatic rings. The van der Waals surface area contributed by atoms with Crippen LogP contribution in [0.4, 0.5) is 0 Å². The highest BCUT2D eigenvalue weighted by Crippen LogP contribution is 2.36. The third-order valence-corrected chi connectivity index (χ3v) is 6.80. The lowest BCUT2D eigenvalue weighted by molar-refractivity contribution is -0.174. The Balaban J connectivity index is 1.39. The van der Waals surface area contributed by atoms with E-state index < -0.39 is 17.1 Å². The SMILES string of the molecule is Cn1c(=O)c2nc(-c3cnnn3C[C@@H]3OC(C)(C)O[C@H]3[C@H]3COC(C)(C)O3)n3c2n(c1=O)CCC3. The quantitative estimate of drug-likeness (QED) is 0.508. The lowest BCUT2D eigenvalue weighted by atomic mass is 10.1. The number of imidazole rings is 1. The van der Waals surface area contributed by atoms with Crippen LogP contribution in [0.15, 0.2) is 15.8 Å². The van der Waals surface area contributed by atoms with Gasteiger partial charge in [-0.2, -0.15) is 0 Å². The summed E-state index contributed by atoms with van der Waals surface area (Å²) in [5.41, 5.74) is 0.653. The fourth-order valence-electron chi connectivity index (χ4n) is 5.31. The van der Waals surface area contributed by atoms with E-state index in [0.717, 1.165) is 11.0 Å². The summed E-state index contributed by atoms with van der Waals surface area (Å²) in [6.07, 6.45) is 1.30. The van der Waals surface area contributed by atoms with E-state index in [-0.39, 0.29) is 29.5 Å². The molecule has 3 atom stereocenters. The fourth-order valence-corrected chi connectivity index (χ4v) is 5.31. The Labute approximate surface area is 200 Å². The minimum absolute atomic E-state index is 0.257. The molecule has 3 aliphatic rings. The van der Waals surface area contributed by atoms with Crippen LogP contribution in [0, 0.1) is 0 Å². The molecule has 6 rings (SSSR count). The third kappa shape index (κ3) is 3.56. The zero-order valence-corrected chi connectivity index (χ0v) is 20.4. The van der Waals surface area contributed by atoms with E-state index in [1.165, 1.54) is 7.05 Å². The third-order valence-electron chi connectivity index (χ3n) is 6.80. The Morgan fingerprint density at radius 1 is 1.06 bits per heavy atom. The molecule has 0 amide bonds. The Hall–Kier alpha value is -2.87. The second kappa shape index (κ2) is 7.56. The van der Waals surface area contributed by atoms with Gasteiger partial charge in [-0.3, -0.25) is 13.9 Å². The van der Waals surface area contributed by atoms with E-state index >= 15 is 0 Å². The zero-order valence-electron chi connectivity index (χ0n) is 20.4. The van der Waals surface area contributed by atoms with Gasteiger partial charge in [-0.25, -0.2) is 14.5 Å². The minimum atomic E-state index is -0.803. The largest absolute Gasteiger partial charge is 0.348 e. The molecule has 2 fully saturated rings. The monoisotopic (exact) mass is 487 g/mol. The molecule has 0 aromatic carbocycles. The molecular formula is C22H29N7O6. The van der Waals surface area contributed by atoms with Crippen molar-refractivity contribution in [1.82, 2.24) is 33.7 Å². The van der Waals surface area contributed by atoms with Crippen molar-refractivity contribution in [3.8, 4) is 11.5 Å².